The molecule has 0 radical (unpaired) electrons. The van der Waals surface area contributed by atoms with Gasteiger partial charge in [-0.15, -0.1) is 0 Å². The van der Waals surface area contributed by atoms with Crippen LogP contribution in [0.1, 0.15) is 30.7 Å². The fraction of sp³-hybridized carbons (Fsp3) is 0.115. The normalized spacial score (nSPS) is 24.3. The number of halogens is 1. The zero-order chi connectivity index (χ0) is 20.0. The Morgan fingerprint density at radius 2 is 1.55 bits per heavy atom. The van der Waals surface area contributed by atoms with E-state index < -0.39 is 7.92 Å². The molecule has 0 amide bonds. The molecule has 5 rings (SSSR count). The van der Waals surface area contributed by atoms with Crippen molar-refractivity contribution in [1.29, 1.82) is 0 Å². The van der Waals surface area contributed by atoms with Gasteiger partial charge in [0.1, 0.15) is 0 Å². The number of hydrogen-bond donors (Lipinski definition) is 0. The van der Waals surface area contributed by atoms with Crippen LogP contribution in [0.2, 0.25) is 0 Å². The van der Waals surface area contributed by atoms with E-state index in [1.807, 2.05) is 12.3 Å². The minimum absolute atomic E-state index is 0.102. The molecular formula is C26H21BrNP. The maximum absolute atomic E-state index is 4.64. The lowest BCUT2D eigenvalue weighted by molar-refractivity contribution is 0.692. The third-order valence-corrected chi connectivity index (χ3v) is 9.46. The highest BCUT2D eigenvalue weighted by Crippen LogP contribution is 2.80. The topological polar surface area (TPSA) is 12.9 Å². The minimum Gasteiger partial charge on any atom is -0.256 e. The zero-order valence-corrected chi connectivity index (χ0v) is 18.9. The van der Waals surface area contributed by atoms with Gasteiger partial charge >= 0.3 is 0 Å². The third-order valence-electron chi connectivity index (χ3n) is 6.11. The van der Waals surface area contributed by atoms with Crippen molar-refractivity contribution in [2.75, 3.05) is 0 Å². The van der Waals surface area contributed by atoms with Crippen molar-refractivity contribution in [3.63, 3.8) is 0 Å². The quantitative estimate of drug-likeness (QED) is 0.361. The summed E-state index contributed by atoms with van der Waals surface area (Å²) >= 11 is 3.69. The van der Waals surface area contributed by atoms with Crippen molar-refractivity contribution in [2.24, 2.45) is 5.41 Å². The molecule has 1 aromatic heterocycles. The summed E-state index contributed by atoms with van der Waals surface area (Å²) in [4.78, 5) is 4.64. The Labute approximate surface area is 181 Å². The van der Waals surface area contributed by atoms with Gasteiger partial charge in [0.15, 0.2) is 0 Å². The number of nitrogens with zero attached hydrogens (tertiary/aromatic N) is 1. The number of pyridine rings is 1. The molecule has 2 aliphatic heterocycles. The van der Waals surface area contributed by atoms with E-state index in [-0.39, 0.29) is 5.41 Å². The predicted octanol–water partition coefficient (Wildman–Crippen LogP) is 8.17. The number of rotatable bonds is 3. The maximum Gasteiger partial charge on any atom is 0.0775 e. The monoisotopic (exact) mass is 457 g/mol. The molecule has 0 fully saturated rings. The predicted molar refractivity (Wildman–Crippen MR) is 128 cm³/mol. The van der Waals surface area contributed by atoms with E-state index in [0.717, 1.165) is 10.2 Å². The van der Waals surface area contributed by atoms with Gasteiger partial charge in [0.25, 0.3) is 0 Å². The Morgan fingerprint density at radius 3 is 2.21 bits per heavy atom. The first-order valence-corrected chi connectivity index (χ1v) is 12.0. The lowest BCUT2D eigenvalue weighted by Crippen LogP contribution is -2.17. The molecule has 2 aliphatic rings. The van der Waals surface area contributed by atoms with Crippen molar-refractivity contribution in [1.82, 2.24) is 4.98 Å². The summed E-state index contributed by atoms with van der Waals surface area (Å²) in [6, 6.07) is 25.7. The van der Waals surface area contributed by atoms with Gasteiger partial charge in [-0.1, -0.05) is 60.7 Å². The summed E-state index contributed by atoms with van der Waals surface area (Å²) in [5, 5.41) is 2.98. The summed E-state index contributed by atoms with van der Waals surface area (Å²) in [6.07, 6.45) is 4.19. The molecule has 3 heteroatoms. The molecular weight excluding hydrogens is 437 g/mol. The highest BCUT2D eigenvalue weighted by atomic mass is 79.9. The molecule has 3 heterocycles. The van der Waals surface area contributed by atoms with E-state index in [1.54, 1.807) is 0 Å². The first kappa shape index (κ1) is 18.7. The number of allylic oxidation sites excluding steroid dienone is 3. The number of fused-ring (bicyclic) bond motifs is 2. The highest BCUT2D eigenvalue weighted by molar-refractivity contribution is 9.10. The molecule has 3 aromatic rings. The van der Waals surface area contributed by atoms with Gasteiger partial charge in [-0.05, 0) is 94.6 Å². The first-order valence-electron chi connectivity index (χ1n) is 9.77. The Kier molecular flexibility index (Phi) is 4.65. The second-order valence-electron chi connectivity index (χ2n) is 7.64. The summed E-state index contributed by atoms with van der Waals surface area (Å²) in [5.41, 5.74) is 6.46. The molecule has 2 atom stereocenters. The highest BCUT2D eigenvalue weighted by Gasteiger charge is 2.51. The first-order chi connectivity index (χ1) is 14.1. The fourth-order valence-corrected chi connectivity index (χ4v) is 8.07. The van der Waals surface area contributed by atoms with E-state index in [1.165, 1.54) is 32.9 Å². The molecule has 0 spiro atoms. The van der Waals surface area contributed by atoms with E-state index in [4.69, 9.17) is 0 Å². The van der Waals surface area contributed by atoms with Gasteiger partial charge in [0, 0.05) is 16.1 Å². The van der Waals surface area contributed by atoms with E-state index in [0.29, 0.717) is 0 Å². The molecule has 0 N–H and O–H groups in total. The van der Waals surface area contributed by atoms with Crippen LogP contribution in [-0.2, 0) is 0 Å². The summed E-state index contributed by atoms with van der Waals surface area (Å²) in [6.45, 7) is 4.71. The summed E-state index contributed by atoms with van der Waals surface area (Å²) in [7, 11) is -0.541. The molecule has 2 aromatic carbocycles. The van der Waals surface area contributed by atoms with Gasteiger partial charge in [0.05, 0.1) is 5.69 Å². The minimum atomic E-state index is -0.541. The van der Waals surface area contributed by atoms with Gasteiger partial charge in [-0.2, -0.15) is 0 Å². The number of hydrogen-bond acceptors (Lipinski definition) is 1. The van der Waals surface area contributed by atoms with Crippen molar-refractivity contribution in [2.45, 2.75) is 13.8 Å². The molecule has 142 valence electrons. The van der Waals surface area contributed by atoms with Crippen molar-refractivity contribution >= 4 is 40.8 Å². The van der Waals surface area contributed by atoms with Crippen LogP contribution in [0.4, 0.5) is 0 Å². The zero-order valence-electron chi connectivity index (χ0n) is 16.4. The van der Waals surface area contributed by atoms with Crippen molar-refractivity contribution in [3.8, 4) is 0 Å². The lowest BCUT2D eigenvalue weighted by Gasteiger charge is -2.29. The van der Waals surface area contributed by atoms with Gasteiger partial charge in [0.2, 0.25) is 0 Å². The Bertz CT molecular complexity index is 1180. The second kappa shape index (κ2) is 7.20. The average molecular weight is 458 g/mol. The molecule has 29 heavy (non-hydrogen) atoms. The van der Waals surface area contributed by atoms with Crippen LogP contribution in [0.3, 0.4) is 0 Å². The van der Waals surface area contributed by atoms with Crippen molar-refractivity contribution < 1.29 is 0 Å². The Morgan fingerprint density at radius 1 is 0.897 bits per heavy atom. The van der Waals surface area contributed by atoms with Crippen LogP contribution in [0.25, 0.3) is 17.0 Å². The van der Waals surface area contributed by atoms with Crippen LogP contribution in [0, 0.1) is 5.41 Å². The van der Waals surface area contributed by atoms with Crippen LogP contribution in [0.15, 0.2) is 100 Å². The van der Waals surface area contributed by atoms with E-state index in [9.17, 15) is 0 Å². The largest absolute Gasteiger partial charge is 0.256 e. The summed E-state index contributed by atoms with van der Waals surface area (Å²) < 4.78 is 1.04. The SMILES string of the molecule is CC1=C(c2ccccc2)P2C=C(c3ccccc3)C1(C)/C2=C\c1ncccc1Br. The van der Waals surface area contributed by atoms with Crippen LogP contribution >= 0.6 is 23.9 Å². The third kappa shape index (κ3) is 2.89. The molecule has 0 saturated carbocycles. The van der Waals surface area contributed by atoms with E-state index >= 15 is 0 Å². The lowest BCUT2D eigenvalue weighted by atomic mass is 9.73. The van der Waals surface area contributed by atoms with Crippen molar-refractivity contribution in [3.05, 3.63) is 117 Å². The van der Waals surface area contributed by atoms with Gasteiger partial charge in [-0.25, -0.2) is 0 Å². The molecule has 2 bridgehead atoms. The maximum atomic E-state index is 4.64. The average Bonchev–Trinajstić information content (AvgIpc) is 3.15. The standard InChI is InChI=1S/C26H21BrNP/c1-18-25(20-12-7-4-8-13-20)29-17-21(19-10-5-3-6-11-19)26(18,2)24(29)16-23-22(27)14-9-15-28-23/h3-17H,1-2H3/b24-16+. The fourth-order valence-electron chi connectivity index (χ4n) is 4.48. The molecule has 1 nitrogen and oxygen atoms in total. The Hall–Kier alpha value is -2.28. The number of aromatic nitrogens is 1. The molecule has 2 unspecified atom stereocenters. The second-order valence-corrected chi connectivity index (χ2v) is 10.4. The van der Waals surface area contributed by atoms with Crippen LogP contribution in [-0.4, -0.2) is 4.98 Å². The summed E-state index contributed by atoms with van der Waals surface area (Å²) in [5.74, 6) is 2.53. The smallest absolute Gasteiger partial charge is 0.0775 e. The number of benzene rings is 2. The van der Waals surface area contributed by atoms with Crippen LogP contribution < -0.4 is 0 Å². The van der Waals surface area contributed by atoms with E-state index in [2.05, 4.69) is 113 Å². The van der Waals surface area contributed by atoms with Crippen LogP contribution in [0.5, 0.6) is 0 Å². The van der Waals surface area contributed by atoms with Gasteiger partial charge in [-0.3, -0.25) is 4.98 Å². The molecule has 0 aliphatic carbocycles. The Balaban J connectivity index is 1.72. The van der Waals surface area contributed by atoms with Gasteiger partial charge < -0.3 is 0 Å². The molecule has 0 saturated heterocycles.